The minimum absolute atomic E-state index is 0.146. The molecular formula is C13H21NO2. The number of methoxy groups -OCH3 is 1. The van der Waals surface area contributed by atoms with Gasteiger partial charge in [0, 0.05) is 0 Å². The van der Waals surface area contributed by atoms with E-state index < -0.39 is 0 Å². The van der Waals surface area contributed by atoms with Crippen LogP contribution in [0.5, 0.6) is 11.5 Å². The summed E-state index contributed by atoms with van der Waals surface area (Å²) in [6, 6.07) is 5.97. The smallest absolute Gasteiger partial charge is 0.164 e. The average molecular weight is 223 g/mol. The first-order valence-electron chi connectivity index (χ1n) is 5.71. The molecule has 1 aromatic rings. The van der Waals surface area contributed by atoms with Crippen molar-refractivity contribution < 1.29 is 9.47 Å². The van der Waals surface area contributed by atoms with E-state index in [1.165, 1.54) is 5.56 Å². The minimum Gasteiger partial charge on any atom is -0.493 e. The molecule has 1 aromatic carbocycles. The van der Waals surface area contributed by atoms with Gasteiger partial charge in [0.15, 0.2) is 11.5 Å². The Balaban J connectivity index is 2.95. The van der Waals surface area contributed by atoms with E-state index in [2.05, 4.69) is 6.07 Å². The van der Waals surface area contributed by atoms with Crippen LogP contribution in [0.15, 0.2) is 18.2 Å². The maximum absolute atomic E-state index is 5.80. The molecule has 0 saturated heterocycles. The van der Waals surface area contributed by atoms with Crippen molar-refractivity contribution in [3.05, 3.63) is 23.8 Å². The van der Waals surface area contributed by atoms with E-state index in [9.17, 15) is 0 Å². The second kappa shape index (κ2) is 6.38. The molecule has 0 aliphatic rings. The Bertz CT molecular complexity index is 324. The Morgan fingerprint density at radius 1 is 1.31 bits per heavy atom. The van der Waals surface area contributed by atoms with Gasteiger partial charge in [0.25, 0.3) is 0 Å². The lowest BCUT2D eigenvalue weighted by Gasteiger charge is -2.17. The second-order valence-corrected chi connectivity index (χ2v) is 4.01. The average Bonchev–Trinajstić information content (AvgIpc) is 2.27. The van der Waals surface area contributed by atoms with Gasteiger partial charge in [0.2, 0.25) is 0 Å². The summed E-state index contributed by atoms with van der Waals surface area (Å²) >= 11 is 0. The molecule has 0 bridgehead atoms. The molecule has 0 unspecified atom stereocenters. The van der Waals surface area contributed by atoms with Crippen molar-refractivity contribution in [3.63, 3.8) is 0 Å². The summed E-state index contributed by atoms with van der Waals surface area (Å²) in [5.41, 5.74) is 6.69. The molecule has 0 fully saturated rings. The van der Waals surface area contributed by atoms with Crippen molar-refractivity contribution in [2.24, 2.45) is 5.73 Å². The molecule has 0 aliphatic heterocycles. The van der Waals surface area contributed by atoms with E-state index in [1.807, 2.05) is 26.0 Å². The molecule has 3 nitrogen and oxygen atoms in total. The summed E-state index contributed by atoms with van der Waals surface area (Å²) in [6.45, 7) is 4.72. The summed E-state index contributed by atoms with van der Waals surface area (Å²) < 4.78 is 11.1. The van der Waals surface area contributed by atoms with Gasteiger partial charge in [-0.25, -0.2) is 0 Å². The zero-order chi connectivity index (χ0) is 12.0. The van der Waals surface area contributed by atoms with Crippen molar-refractivity contribution in [1.29, 1.82) is 0 Å². The SMILES string of the molecule is COc1cccc(CCCN)c1OC(C)C. The fourth-order valence-corrected chi connectivity index (χ4v) is 1.58. The fraction of sp³-hybridized carbons (Fsp3) is 0.538. The highest BCUT2D eigenvalue weighted by molar-refractivity contribution is 5.46. The van der Waals surface area contributed by atoms with Gasteiger partial charge in [-0.15, -0.1) is 0 Å². The van der Waals surface area contributed by atoms with Crippen LogP contribution in [0, 0.1) is 0 Å². The molecule has 3 heteroatoms. The van der Waals surface area contributed by atoms with E-state index in [1.54, 1.807) is 7.11 Å². The lowest BCUT2D eigenvalue weighted by Crippen LogP contribution is -2.09. The van der Waals surface area contributed by atoms with Gasteiger partial charge >= 0.3 is 0 Å². The van der Waals surface area contributed by atoms with Gasteiger partial charge in [-0.2, -0.15) is 0 Å². The summed E-state index contributed by atoms with van der Waals surface area (Å²) in [5, 5.41) is 0. The first kappa shape index (κ1) is 12.8. The number of hydrogen-bond acceptors (Lipinski definition) is 3. The minimum atomic E-state index is 0.146. The monoisotopic (exact) mass is 223 g/mol. The van der Waals surface area contributed by atoms with E-state index >= 15 is 0 Å². The molecular weight excluding hydrogens is 202 g/mol. The van der Waals surface area contributed by atoms with Crippen molar-refractivity contribution in [3.8, 4) is 11.5 Å². The lowest BCUT2D eigenvalue weighted by atomic mass is 10.1. The zero-order valence-corrected chi connectivity index (χ0v) is 10.3. The Morgan fingerprint density at radius 2 is 2.06 bits per heavy atom. The number of para-hydroxylation sites is 1. The van der Waals surface area contributed by atoms with Gasteiger partial charge in [-0.1, -0.05) is 12.1 Å². The number of aryl methyl sites for hydroxylation is 1. The number of hydrogen-bond donors (Lipinski definition) is 1. The highest BCUT2D eigenvalue weighted by atomic mass is 16.5. The Kier molecular flexibility index (Phi) is 5.12. The van der Waals surface area contributed by atoms with Gasteiger partial charge in [0.1, 0.15) is 0 Å². The van der Waals surface area contributed by atoms with Gasteiger partial charge in [0.05, 0.1) is 13.2 Å². The van der Waals surface area contributed by atoms with Gasteiger partial charge in [-0.3, -0.25) is 0 Å². The fourth-order valence-electron chi connectivity index (χ4n) is 1.58. The molecule has 0 aliphatic carbocycles. The van der Waals surface area contributed by atoms with Crippen LogP contribution < -0.4 is 15.2 Å². The van der Waals surface area contributed by atoms with E-state index in [-0.39, 0.29) is 6.10 Å². The summed E-state index contributed by atoms with van der Waals surface area (Å²) in [7, 11) is 1.66. The molecule has 16 heavy (non-hydrogen) atoms. The van der Waals surface area contributed by atoms with E-state index in [4.69, 9.17) is 15.2 Å². The van der Waals surface area contributed by atoms with Crippen LogP contribution in [0.1, 0.15) is 25.8 Å². The number of nitrogens with two attached hydrogens (primary N) is 1. The van der Waals surface area contributed by atoms with Crippen LogP contribution >= 0.6 is 0 Å². The molecule has 0 radical (unpaired) electrons. The first-order chi connectivity index (χ1) is 7.69. The molecule has 0 saturated carbocycles. The van der Waals surface area contributed by atoms with E-state index in [0.29, 0.717) is 6.54 Å². The Hall–Kier alpha value is -1.22. The third kappa shape index (κ3) is 3.42. The number of benzene rings is 1. The van der Waals surface area contributed by atoms with Crippen LogP contribution in [0.25, 0.3) is 0 Å². The number of rotatable bonds is 6. The van der Waals surface area contributed by atoms with Crippen LogP contribution in [-0.2, 0) is 6.42 Å². The highest BCUT2D eigenvalue weighted by Gasteiger charge is 2.11. The van der Waals surface area contributed by atoms with Crippen molar-refractivity contribution in [2.75, 3.05) is 13.7 Å². The predicted molar refractivity (Wildman–Crippen MR) is 66.1 cm³/mol. The predicted octanol–water partition coefficient (Wildman–Crippen LogP) is 2.37. The molecule has 90 valence electrons. The van der Waals surface area contributed by atoms with Crippen LogP contribution in [0.3, 0.4) is 0 Å². The molecule has 0 amide bonds. The van der Waals surface area contributed by atoms with Crippen LogP contribution in [0.2, 0.25) is 0 Å². The van der Waals surface area contributed by atoms with Crippen LogP contribution in [-0.4, -0.2) is 19.8 Å². The molecule has 0 atom stereocenters. The maximum Gasteiger partial charge on any atom is 0.164 e. The van der Waals surface area contributed by atoms with Gasteiger partial charge < -0.3 is 15.2 Å². The van der Waals surface area contributed by atoms with Crippen molar-refractivity contribution in [2.45, 2.75) is 32.8 Å². The van der Waals surface area contributed by atoms with Crippen LogP contribution in [0.4, 0.5) is 0 Å². The normalized spacial score (nSPS) is 10.6. The standard InChI is InChI=1S/C13H21NO2/c1-10(2)16-13-11(7-5-9-14)6-4-8-12(13)15-3/h4,6,8,10H,5,7,9,14H2,1-3H3. The molecule has 0 spiro atoms. The Labute approximate surface area is 97.6 Å². The summed E-state index contributed by atoms with van der Waals surface area (Å²) in [6.07, 6.45) is 2.03. The topological polar surface area (TPSA) is 44.5 Å². The highest BCUT2D eigenvalue weighted by Crippen LogP contribution is 2.32. The summed E-state index contributed by atoms with van der Waals surface area (Å²) in [4.78, 5) is 0. The Morgan fingerprint density at radius 3 is 2.62 bits per heavy atom. The van der Waals surface area contributed by atoms with E-state index in [0.717, 1.165) is 24.3 Å². The van der Waals surface area contributed by atoms with Gasteiger partial charge in [-0.05, 0) is 44.9 Å². The van der Waals surface area contributed by atoms with Crippen molar-refractivity contribution >= 4 is 0 Å². The molecule has 0 aromatic heterocycles. The lowest BCUT2D eigenvalue weighted by molar-refractivity contribution is 0.227. The molecule has 0 heterocycles. The largest absolute Gasteiger partial charge is 0.493 e. The third-order valence-corrected chi connectivity index (χ3v) is 2.28. The third-order valence-electron chi connectivity index (χ3n) is 2.28. The second-order valence-electron chi connectivity index (χ2n) is 4.01. The maximum atomic E-state index is 5.80. The first-order valence-corrected chi connectivity index (χ1v) is 5.71. The molecule has 2 N–H and O–H groups in total. The zero-order valence-electron chi connectivity index (χ0n) is 10.3. The molecule has 1 rings (SSSR count). The summed E-state index contributed by atoms with van der Waals surface area (Å²) in [5.74, 6) is 1.65. The number of ether oxygens (including phenoxy) is 2. The van der Waals surface area contributed by atoms with Crippen molar-refractivity contribution in [1.82, 2.24) is 0 Å². The quantitative estimate of drug-likeness (QED) is 0.805.